The van der Waals surface area contributed by atoms with Crippen molar-refractivity contribution in [3.05, 3.63) is 30.1 Å². The Morgan fingerprint density at radius 2 is 1.94 bits per heavy atom. The van der Waals surface area contributed by atoms with Gasteiger partial charge in [0.2, 0.25) is 10.0 Å². The van der Waals surface area contributed by atoms with Crippen LogP contribution >= 0.6 is 0 Å². The first-order valence-electron chi connectivity index (χ1n) is 5.41. The molecule has 1 unspecified atom stereocenters. The van der Waals surface area contributed by atoms with E-state index in [1.807, 2.05) is 6.92 Å². The van der Waals surface area contributed by atoms with Crippen molar-refractivity contribution in [3.63, 3.8) is 0 Å². The fourth-order valence-electron chi connectivity index (χ4n) is 1.34. The zero-order chi connectivity index (χ0) is 12.9. The molecule has 1 atom stereocenters. The Kier molecular flexibility index (Phi) is 5.04. The van der Waals surface area contributed by atoms with Gasteiger partial charge in [-0.1, -0.05) is 6.92 Å². The van der Waals surface area contributed by atoms with Crippen LogP contribution in [0.3, 0.4) is 0 Å². The third-order valence-electron chi connectivity index (χ3n) is 2.41. The number of nitrogens with two attached hydrogens (primary N) is 1. The lowest BCUT2D eigenvalue weighted by molar-refractivity contribution is 0.515. The number of nitrogens with one attached hydrogen (secondary N) is 1. The van der Waals surface area contributed by atoms with Gasteiger partial charge in [0, 0.05) is 6.54 Å². The monoisotopic (exact) mass is 260 g/mol. The van der Waals surface area contributed by atoms with Crippen LogP contribution in [0.15, 0.2) is 29.2 Å². The number of hydrogen-bond donors (Lipinski definition) is 2. The predicted octanol–water partition coefficient (Wildman–Crippen LogP) is 1.09. The molecule has 0 fully saturated rings. The molecule has 0 heterocycles. The third-order valence-corrected chi connectivity index (χ3v) is 3.84. The van der Waals surface area contributed by atoms with Gasteiger partial charge in [-0.25, -0.2) is 17.5 Å². The largest absolute Gasteiger partial charge is 0.330 e. The van der Waals surface area contributed by atoms with Gasteiger partial charge in [-0.15, -0.1) is 0 Å². The Morgan fingerprint density at radius 1 is 1.35 bits per heavy atom. The minimum absolute atomic E-state index is 0.0684. The van der Waals surface area contributed by atoms with Crippen molar-refractivity contribution in [1.82, 2.24) is 4.72 Å². The molecule has 6 heteroatoms. The molecule has 4 nitrogen and oxygen atoms in total. The van der Waals surface area contributed by atoms with Crippen LogP contribution in [0.2, 0.25) is 0 Å². The van der Waals surface area contributed by atoms with Gasteiger partial charge in [-0.05, 0) is 43.1 Å². The van der Waals surface area contributed by atoms with Crippen molar-refractivity contribution in [2.45, 2.75) is 18.2 Å². The maximum absolute atomic E-state index is 12.7. The van der Waals surface area contributed by atoms with Crippen LogP contribution in [0.25, 0.3) is 0 Å². The molecule has 96 valence electrons. The lowest BCUT2D eigenvalue weighted by Crippen LogP contribution is -2.29. The number of sulfonamides is 1. The number of halogens is 1. The molecule has 0 aliphatic carbocycles. The van der Waals surface area contributed by atoms with Crippen LogP contribution < -0.4 is 10.5 Å². The first-order chi connectivity index (χ1) is 7.95. The summed E-state index contributed by atoms with van der Waals surface area (Å²) < 4.78 is 38.7. The predicted molar refractivity (Wildman–Crippen MR) is 64.4 cm³/mol. The molecule has 3 N–H and O–H groups in total. The van der Waals surface area contributed by atoms with Gasteiger partial charge < -0.3 is 5.73 Å². The summed E-state index contributed by atoms with van der Waals surface area (Å²) in [4.78, 5) is 0.0684. The highest BCUT2D eigenvalue weighted by atomic mass is 32.2. The van der Waals surface area contributed by atoms with Crippen molar-refractivity contribution >= 4 is 10.0 Å². The van der Waals surface area contributed by atoms with Gasteiger partial charge in [-0.2, -0.15) is 0 Å². The summed E-state index contributed by atoms with van der Waals surface area (Å²) in [6.45, 7) is 2.77. The topological polar surface area (TPSA) is 72.2 Å². The van der Waals surface area contributed by atoms with Gasteiger partial charge in [-0.3, -0.25) is 0 Å². The van der Waals surface area contributed by atoms with Crippen LogP contribution in [0, 0.1) is 11.7 Å². The van der Waals surface area contributed by atoms with E-state index < -0.39 is 15.8 Å². The SMILES string of the molecule is CC(CCN)CNS(=O)(=O)c1ccc(F)cc1. The lowest BCUT2D eigenvalue weighted by Gasteiger charge is -2.11. The van der Waals surface area contributed by atoms with E-state index in [0.29, 0.717) is 13.1 Å². The highest BCUT2D eigenvalue weighted by Crippen LogP contribution is 2.10. The second-order valence-electron chi connectivity index (χ2n) is 3.99. The molecule has 0 bridgehead atoms. The van der Waals surface area contributed by atoms with Gasteiger partial charge in [0.05, 0.1) is 4.90 Å². The molecule has 1 rings (SSSR count). The van der Waals surface area contributed by atoms with Gasteiger partial charge in [0.25, 0.3) is 0 Å². The van der Waals surface area contributed by atoms with E-state index in [0.717, 1.165) is 18.6 Å². The van der Waals surface area contributed by atoms with Gasteiger partial charge in [0.1, 0.15) is 5.82 Å². The third kappa shape index (κ3) is 4.41. The first-order valence-corrected chi connectivity index (χ1v) is 6.89. The Hall–Kier alpha value is -0.980. The summed E-state index contributed by atoms with van der Waals surface area (Å²) in [5.41, 5.74) is 5.38. The van der Waals surface area contributed by atoms with Crippen LogP contribution in [0.4, 0.5) is 4.39 Å². The second-order valence-corrected chi connectivity index (χ2v) is 5.76. The molecule has 0 saturated heterocycles. The second kappa shape index (κ2) is 6.09. The van der Waals surface area contributed by atoms with Crippen molar-refractivity contribution in [3.8, 4) is 0 Å². The average Bonchev–Trinajstić information content (AvgIpc) is 2.28. The molecule has 0 saturated carbocycles. The molecule has 1 aromatic rings. The first kappa shape index (κ1) is 14.1. The van der Waals surface area contributed by atoms with E-state index in [1.165, 1.54) is 12.1 Å². The number of hydrogen-bond acceptors (Lipinski definition) is 3. The Bertz CT molecular complexity index is 445. The standard InChI is InChI=1S/C11H17FN2O2S/c1-9(6-7-13)8-14-17(15,16)11-4-2-10(12)3-5-11/h2-5,9,14H,6-8,13H2,1H3. The Labute approximate surface area is 101 Å². The fraction of sp³-hybridized carbons (Fsp3) is 0.455. The zero-order valence-corrected chi connectivity index (χ0v) is 10.5. The van der Waals surface area contributed by atoms with E-state index in [4.69, 9.17) is 5.73 Å². The molecule has 1 aromatic carbocycles. The molecule has 0 aliphatic rings. The Morgan fingerprint density at radius 3 is 2.47 bits per heavy atom. The Balaban J connectivity index is 2.66. The summed E-state index contributed by atoms with van der Waals surface area (Å²) in [5.74, 6) is -0.282. The smallest absolute Gasteiger partial charge is 0.240 e. The molecule has 0 spiro atoms. The highest BCUT2D eigenvalue weighted by Gasteiger charge is 2.14. The summed E-state index contributed by atoms with van der Waals surface area (Å²) in [6.07, 6.45) is 0.756. The van der Waals surface area contributed by atoms with Crippen molar-refractivity contribution in [2.24, 2.45) is 11.7 Å². The van der Waals surface area contributed by atoms with Gasteiger partial charge in [0.15, 0.2) is 0 Å². The molecule has 0 amide bonds. The minimum Gasteiger partial charge on any atom is -0.330 e. The molecule has 0 aromatic heterocycles. The number of benzene rings is 1. The van der Waals surface area contributed by atoms with Crippen molar-refractivity contribution in [2.75, 3.05) is 13.1 Å². The van der Waals surface area contributed by atoms with Crippen LogP contribution in [-0.4, -0.2) is 21.5 Å². The molecule has 0 aliphatic heterocycles. The summed E-state index contributed by atoms with van der Waals surface area (Å²) in [5, 5.41) is 0. The normalized spacial score (nSPS) is 13.6. The van der Waals surface area contributed by atoms with E-state index in [1.54, 1.807) is 0 Å². The maximum atomic E-state index is 12.7. The van der Waals surface area contributed by atoms with E-state index in [9.17, 15) is 12.8 Å². The van der Waals surface area contributed by atoms with Crippen LogP contribution in [0.5, 0.6) is 0 Å². The minimum atomic E-state index is -3.55. The zero-order valence-electron chi connectivity index (χ0n) is 9.69. The van der Waals surface area contributed by atoms with E-state index >= 15 is 0 Å². The highest BCUT2D eigenvalue weighted by molar-refractivity contribution is 7.89. The number of rotatable bonds is 6. The molecular formula is C11H17FN2O2S. The summed E-state index contributed by atoms with van der Waals surface area (Å²) in [6, 6.07) is 4.73. The molecule has 17 heavy (non-hydrogen) atoms. The molecule has 0 radical (unpaired) electrons. The van der Waals surface area contributed by atoms with Crippen molar-refractivity contribution in [1.29, 1.82) is 0 Å². The molecular weight excluding hydrogens is 243 g/mol. The van der Waals surface area contributed by atoms with Crippen LogP contribution in [0.1, 0.15) is 13.3 Å². The summed E-state index contributed by atoms with van der Waals surface area (Å²) in [7, 11) is -3.55. The lowest BCUT2D eigenvalue weighted by atomic mass is 10.1. The van der Waals surface area contributed by atoms with Gasteiger partial charge >= 0.3 is 0 Å². The maximum Gasteiger partial charge on any atom is 0.240 e. The average molecular weight is 260 g/mol. The van der Waals surface area contributed by atoms with E-state index in [-0.39, 0.29) is 10.8 Å². The van der Waals surface area contributed by atoms with E-state index in [2.05, 4.69) is 4.72 Å². The quantitative estimate of drug-likeness (QED) is 0.804. The summed E-state index contributed by atoms with van der Waals surface area (Å²) >= 11 is 0. The fourth-order valence-corrected chi connectivity index (χ4v) is 2.50. The van der Waals surface area contributed by atoms with Crippen molar-refractivity contribution < 1.29 is 12.8 Å². The van der Waals surface area contributed by atoms with Crippen LogP contribution in [-0.2, 0) is 10.0 Å².